The maximum absolute atomic E-state index is 12.7. The summed E-state index contributed by atoms with van der Waals surface area (Å²) in [5, 5.41) is 6.07. The molecule has 2 amide bonds. The molecule has 6 nitrogen and oxygen atoms in total. The highest BCUT2D eigenvalue weighted by Gasteiger charge is 2.18. The number of hydrogen-bond donors (Lipinski definition) is 2. The second-order valence-electron chi connectivity index (χ2n) is 7.21. The van der Waals surface area contributed by atoms with Crippen molar-refractivity contribution in [2.24, 2.45) is 0 Å². The summed E-state index contributed by atoms with van der Waals surface area (Å²) in [7, 11) is 0. The molecule has 1 atom stereocenters. The SMILES string of the molecule is CC(Sc1cccc(NC(=O)c2ccc(Cl)cc2Cl)c1)C(=O)Nc1ccc2c(c1)OCCO2. The number of thioether (sulfide) groups is 1. The van der Waals surface area contributed by atoms with Crippen LogP contribution in [0.1, 0.15) is 17.3 Å². The van der Waals surface area contributed by atoms with E-state index in [9.17, 15) is 9.59 Å². The zero-order chi connectivity index (χ0) is 23.4. The van der Waals surface area contributed by atoms with Crippen molar-refractivity contribution in [1.29, 1.82) is 0 Å². The van der Waals surface area contributed by atoms with Gasteiger partial charge in [0.05, 0.1) is 15.8 Å². The van der Waals surface area contributed by atoms with Crippen molar-refractivity contribution in [2.75, 3.05) is 23.8 Å². The summed E-state index contributed by atoms with van der Waals surface area (Å²) in [6.07, 6.45) is 0. The van der Waals surface area contributed by atoms with Gasteiger partial charge in [-0.3, -0.25) is 9.59 Å². The minimum Gasteiger partial charge on any atom is -0.486 e. The predicted molar refractivity (Wildman–Crippen MR) is 132 cm³/mol. The highest BCUT2D eigenvalue weighted by atomic mass is 35.5. The fourth-order valence-corrected chi connectivity index (χ4v) is 4.56. The molecule has 0 radical (unpaired) electrons. The van der Waals surface area contributed by atoms with Gasteiger partial charge in [0.15, 0.2) is 11.5 Å². The van der Waals surface area contributed by atoms with Crippen LogP contribution in [0.3, 0.4) is 0 Å². The van der Waals surface area contributed by atoms with Gasteiger partial charge in [0.25, 0.3) is 5.91 Å². The van der Waals surface area contributed by atoms with Crippen molar-refractivity contribution in [1.82, 2.24) is 0 Å². The standard InChI is InChI=1S/C24H20Cl2N2O4S/c1-14(23(29)27-17-6-8-21-22(13-17)32-10-9-31-21)33-18-4-2-3-16(12-18)28-24(30)19-7-5-15(25)11-20(19)26/h2-8,11-14H,9-10H2,1H3,(H,27,29)(H,28,30). The second-order valence-corrected chi connectivity index (χ2v) is 9.47. The van der Waals surface area contributed by atoms with E-state index < -0.39 is 0 Å². The van der Waals surface area contributed by atoms with E-state index in [-0.39, 0.29) is 22.1 Å². The number of benzene rings is 3. The molecule has 0 spiro atoms. The third kappa shape index (κ3) is 5.93. The molecule has 0 saturated carbocycles. The summed E-state index contributed by atoms with van der Waals surface area (Å²) in [5.74, 6) is 0.784. The molecule has 1 unspecified atom stereocenters. The first-order valence-corrected chi connectivity index (χ1v) is 11.8. The molecule has 0 saturated heterocycles. The van der Waals surface area contributed by atoms with Gasteiger partial charge in [0.2, 0.25) is 5.91 Å². The first kappa shape index (κ1) is 23.3. The molecule has 2 N–H and O–H groups in total. The van der Waals surface area contributed by atoms with Crippen LogP contribution in [-0.2, 0) is 4.79 Å². The van der Waals surface area contributed by atoms with E-state index in [4.69, 9.17) is 32.7 Å². The molecule has 0 aromatic heterocycles. The summed E-state index contributed by atoms with van der Waals surface area (Å²) >= 11 is 13.4. The summed E-state index contributed by atoms with van der Waals surface area (Å²) in [6.45, 7) is 2.81. The molecule has 1 aliphatic rings. The largest absolute Gasteiger partial charge is 0.486 e. The lowest BCUT2D eigenvalue weighted by atomic mass is 10.2. The maximum Gasteiger partial charge on any atom is 0.257 e. The van der Waals surface area contributed by atoms with Crippen LogP contribution in [-0.4, -0.2) is 30.3 Å². The number of hydrogen-bond acceptors (Lipinski definition) is 5. The van der Waals surface area contributed by atoms with Gasteiger partial charge in [-0.1, -0.05) is 29.3 Å². The minimum absolute atomic E-state index is 0.154. The number of carbonyl (C=O) groups is 2. The Hall–Kier alpha value is -2.87. The van der Waals surface area contributed by atoms with Gasteiger partial charge in [-0.25, -0.2) is 0 Å². The Morgan fingerprint density at radius 2 is 1.67 bits per heavy atom. The monoisotopic (exact) mass is 502 g/mol. The highest BCUT2D eigenvalue weighted by molar-refractivity contribution is 8.00. The fourth-order valence-electron chi connectivity index (χ4n) is 3.14. The molecule has 1 heterocycles. The van der Waals surface area contributed by atoms with Crippen LogP contribution < -0.4 is 20.1 Å². The second kappa shape index (κ2) is 10.4. The quantitative estimate of drug-likeness (QED) is 0.396. The van der Waals surface area contributed by atoms with Crippen LogP contribution in [0, 0.1) is 0 Å². The molecule has 9 heteroatoms. The Balaban J connectivity index is 1.38. The Morgan fingerprint density at radius 1 is 0.909 bits per heavy atom. The lowest BCUT2D eigenvalue weighted by Gasteiger charge is -2.19. The molecule has 3 aromatic rings. The normalized spacial score (nSPS) is 13.2. The lowest BCUT2D eigenvalue weighted by Crippen LogP contribution is -2.22. The Morgan fingerprint density at radius 3 is 2.45 bits per heavy atom. The van der Waals surface area contributed by atoms with Crippen LogP contribution in [0.2, 0.25) is 10.0 Å². The van der Waals surface area contributed by atoms with Gasteiger partial charge in [-0.05, 0) is 55.5 Å². The summed E-state index contributed by atoms with van der Waals surface area (Å²) in [4.78, 5) is 26.1. The van der Waals surface area contributed by atoms with Crippen molar-refractivity contribution < 1.29 is 19.1 Å². The molecule has 0 fully saturated rings. The molecule has 1 aliphatic heterocycles. The number of ether oxygens (including phenoxy) is 2. The van der Waals surface area contributed by atoms with Crippen LogP contribution in [0.15, 0.2) is 65.6 Å². The molecular weight excluding hydrogens is 483 g/mol. The van der Waals surface area contributed by atoms with Gasteiger partial charge < -0.3 is 20.1 Å². The Kier molecular flexibility index (Phi) is 7.33. The van der Waals surface area contributed by atoms with E-state index in [1.165, 1.54) is 17.8 Å². The third-order valence-electron chi connectivity index (χ3n) is 4.76. The van der Waals surface area contributed by atoms with Crippen molar-refractivity contribution in [3.8, 4) is 11.5 Å². The molecular formula is C24H20Cl2N2O4S. The average molecular weight is 503 g/mol. The fraction of sp³-hybridized carbons (Fsp3) is 0.167. The van der Waals surface area contributed by atoms with Gasteiger partial charge >= 0.3 is 0 Å². The van der Waals surface area contributed by atoms with E-state index in [1.807, 2.05) is 19.1 Å². The van der Waals surface area contributed by atoms with E-state index in [2.05, 4.69) is 10.6 Å². The summed E-state index contributed by atoms with van der Waals surface area (Å²) in [6, 6.07) is 17.3. The first-order valence-electron chi connectivity index (χ1n) is 10.1. The lowest BCUT2D eigenvalue weighted by molar-refractivity contribution is -0.115. The summed E-state index contributed by atoms with van der Waals surface area (Å²) < 4.78 is 11.1. The molecule has 0 bridgehead atoms. The molecule has 3 aromatic carbocycles. The van der Waals surface area contributed by atoms with E-state index in [0.29, 0.717) is 46.7 Å². The number of halogens is 2. The third-order valence-corrected chi connectivity index (χ3v) is 6.40. The molecule has 170 valence electrons. The number of rotatable bonds is 6. The zero-order valence-electron chi connectivity index (χ0n) is 17.6. The number of amides is 2. The highest BCUT2D eigenvalue weighted by Crippen LogP contribution is 2.33. The van der Waals surface area contributed by atoms with Gasteiger partial charge in [0.1, 0.15) is 13.2 Å². The van der Waals surface area contributed by atoms with Crippen molar-refractivity contribution in [3.63, 3.8) is 0 Å². The van der Waals surface area contributed by atoms with Crippen molar-refractivity contribution in [2.45, 2.75) is 17.1 Å². The van der Waals surface area contributed by atoms with Crippen LogP contribution in [0.5, 0.6) is 11.5 Å². The van der Waals surface area contributed by atoms with E-state index in [1.54, 1.807) is 42.5 Å². The van der Waals surface area contributed by atoms with Crippen LogP contribution in [0.4, 0.5) is 11.4 Å². The molecule has 0 aliphatic carbocycles. The summed E-state index contributed by atoms with van der Waals surface area (Å²) in [5.41, 5.74) is 1.55. The average Bonchev–Trinajstić information content (AvgIpc) is 2.79. The van der Waals surface area contributed by atoms with Gasteiger partial charge in [-0.15, -0.1) is 11.8 Å². The van der Waals surface area contributed by atoms with Crippen LogP contribution >= 0.6 is 35.0 Å². The minimum atomic E-state index is -0.380. The van der Waals surface area contributed by atoms with E-state index in [0.717, 1.165) is 4.90 Å². The zero-order valence-corrected chi connectivity index (χ0v) is 19.9. The topological polar surface area (TPSA) is 76.7 Å². The first-order chi connectivity index (χ1) is 15.9. The van der Waals surface area contributed by atoms with Gasteiger partial charge in [0, 0.05) is 27.4 Å². The number of fused-ring (bicyclic) bond motifs is 1. The number of nitrogens with one attached hydrogen (secondary N) is 2. The Bertz CT molecular complexity index is 1200. The van der Waals surface area contributed by atoms with Crippen molar-refractivity contribution in [3.05, 3.63) is 76.3 Å². The number of carbonyl (C=O) groups excluding carboxylic acids is 2. The maximum atomic E-state index is 12.7. The smallest absolute Gasteiger partial charge is 0.257 e. The molecule has 4 rings (SSSR count). The number of anilines is 2. The van der Waals surface area contributed by atoms with Crippen LogP contribution in [0.25, 0.3) is 0 Å². The molecule has 33 heavy (non-hydrogen) atoms. The Labute approximate surface area is 205 Å². The predicted octanol–water partition coefficient (Wildman–Crippen LogP) is 6.14. The van der Waals surface area contributed by atoms with E-state index >= 15 is 0 Å². The van der Waals surface area contributed by atoms with Gasteiger partial charge in [-0.2, -0.15) is 0 Å². The van der Waals surface area contributed by atoms with Crippen molar-refractivity contribution >= 4 is 58.2 Å².